The Morgan fingerprint density at radius 3 is 2.42 bits per heavy atom. The number of carbonyl (C=O) groups excluding carboxylic acids is 1. The van der Waals surface area contributed by atoms with Crippen molar-refractivity contribution in [1.29, 1.82) is 0 Å². The lowest BCUT2D eigenvalue weighted by molar-refractivity contribution is -0.125. The van der Waals surface area contributed by atoms with E-state index in [0.29, 0.717) is 13.0 Å². The van der Waals surface area contributed by atoms with Crippen LogP contribution in [0.3, 0.4) is 0 Å². The van der Waals surface area contributed by atoms with Gasteiger partial charge >= 0.3 is 0 Å². The molecule has 1 aromatic carbocycles. The van der Waals surface area contributed by atoms with Crippen molar-refractivity contribution in [2.24, 2.45) is 5.73 Å². The van der Waals surface area contributed by atoms with Gasteiger partial charge in [-0.3, -0.25) is 20.1 Å². The number of nitrogens with two attached hydrogens (primary N) is 1. The highest BCUT2D eigenvalue weighted by Gasteiger charge is 2.39. The van der Waals surface area contributed by atoms with Crippen LogP contribution in [0.15, 0.2) is 77.8 Å². The topological polar surface area (TPSA) is 80.9 Å². The molecule has 2 heterocycles. The first-order valence-electron chi connectivity index (χ1n) is 8.19. The standard InChI is InChI=1S/C20H19BrN4O/c21-18-6-2-1-5-17(18)20(19(22)26,12-16-4-3-9-24-13-16)25-14-15-7-10-23-11-8-15/h1-11,13,25H,12,14H2,(H2,22,26). The number of nitrogens with zero attached hydrogens (tertiary/aromatic N) is 2. The van der Waals surface area contributed by atoms with Gasteiger partial charge in [0.05, 0.1) is 0 Å². The van der Waals surface area contributed by atoms with E-state index < -0.39 is 11.4 Å². The van der Waals surface area contributed by atoms with E-state index in [4.69, 9.17) is 5.73 Å². The Morgan fingerprint density at radius 2 is 1.77 bits per heavy atom. The first-order chi connectivity index (χ1) is 12.6. The van der Waals surface area contributed by atoms with Gasteiger partial charge in [0, 0.05) is 42.2 Å². The zero-order valence-corrected chi connectivity index (χ0v) is 15.7. The second-order valence-corrected chi connectivity index (χ2v) is 6.85. The molecule has 1 unspecified atom stereocenters. The van der Waals surface area contributed by atoms with Gasteiger partial charge in [0.15, 0.2) is 0 Å². The lowest BCUT2D eigenvalue weighted by Crippen LogP contribution is -2.54. The third-order valence-corrected chi connectivity index (χ3v) is 4.98. The van der Waals surface area contributed by atoms with E-state index in [1.165, 1.54) is 0 Å². The summed E-state index contributed by atoms with van der Waals surface area (Å²) in [7, 11) is 0. The van der Waals surface area contributed by atoms with Crippen LogP contribution in [0.25, 0.3) is 0 Å². The summed E-state index contributed by atoms with van der Waals surface area (Å²) in [6, 6.07) is 15.2. The van der Waals surface area contributed by atoms with Crippen LogP contribution in [-0.4, -0.2) is 15.9 Å². The first kappa shape index (κ1) is 18.2. The van der Waals surface area contributed by atoms with E-state index in [1.807, 2.05) is 48.5 Å². The van der Waals surface area contributed by atoms with Gasteiger partial charge < -0.3 is 5.73 Å². The Labute approximate surface area is 160 Å². The van der Waals surface area contributed by atoms with Crippen molar-refractivity contribution in [3.05, 3.63) is 94.5 Å². The summed E-state index contributed by atoms with van der Waals surface area (Å²) in [4.78, 5) is 20.9. The average Bonchev–Trinajstić information content (AvgIpc) is 2.67. The molecular weight excluding hydrogens is 392 g/mol. The largest absolute Gasteiger partial charge is 0.368 e. The first-order valence-corrected chi connectivity index (χ1v) is 8.99. The van der Waals surface area contributed by atoms with Crippen LogP contribution in [0, 0.1) is 0 Å². The quantitative estimate of drug-likeness (QED) is 0.627. The molecule has 0 spiro atoms. The number of carbonyl (C=O) groups is 1. The molecule has 0 aliphatic heterocycles. The molecule has 0 saturated heterocycles. The number of amides is 1. The second-order valence-electron chi connectivity index (χ2n) is 6.00. The van der Waals surface area contributed by atoms with Gasteiger partial charge in [-0.25, -0.2) is 0 Å². The molecule has 1 atom stereocenters. The molecule has 0 radical (unpaired) electrons. The van der Waals surface area contributed by atoms with Crippen LogP contribution in [0.4, 0.5) is 0 Å². The number of hydrogen-bond donors (Lipinski definition) is 2. The van der Waals surface area contributed by atoms with E-state index in [0.717, 1.165) is 21.2 Å². The summed E-state index contributed by atoms with van der Waals surface area (Å²) in [5, 5.41) is 3.39. The van der Waals surface area contributed by atoms with Gasteiger partial charge in [-0.1, -0.05) is 40.2 Å². The molecule has 3 N–H and O–H groups in total. The maximum atomic E-state index is 12.7. The number of aromatic nitrogens is 2. The number of hydrogen-bond acceptors (Lipinski definition) is 4. The van der Waals surface area contributed by atoms with Gasteiger partial charge in [-0.05, 0) is 41.0 Å². The number of pyridine rings is 2. The molecule has 0 fully saturated rings. The Morgan fingerprint density at radius 1 is 1.00 bits per heavy atom. The summed E-state index contributed by atoms with van der Waals surface area (Å²) in [5.41, 5.74) is 7.59. The normalized spacial score (nSPS) is 13.1. The molecule has 0 aliphatic rings. The Bertz CT molecular complexity index is 873. The lowest BCUT2D eigenvalue weighted by atomic mass is 9.83. The zero-order valence-electron chi connectivity index (χ0n) is 14.1. The summed E-state index contributed by atoms with van der Waals surface area (Å²) in [5.74, 6) is -0.442. The fourth-order valence-electron chi connectivity index (χ4n) is 2.93. The molecule has 3 aromatic rings. The van der Waals surface area contributed by atoms with Crippen molar-refractivity contribution >= 4 is 21.8 Å². The molecule has 1 amide bonds. The van der Waals surface area contributed by atoms with Crippen molar-refractivity contribution in [3.63, 3.8) is 0 Å². The zero-order chi connectivity index (χ0) is 18.4. The van der Waals surface area contributed by atoms with Crippen LogP contribution >= 0.6 is 15.9 Å². The van der Waals surface area contributed by atoms with E-state index in [9.17, 15) is 4.79 Å². The Balaban J connectivity index is 2.03. The number of benzene rings is 1. The van der Waals surface area contributed by atoms with Crippen LogP contribution in [0.1, 0.15) is 16.7 Å². The molecule has 3 rings (SSSR count). The van der Waals surface area contributed by atoms with Gasteiger partial charge in [0.2, 0.25) is 5.91 Å². The number of halogens is 1. The highest BCUT2D eigenvalue weighted by atomic mass is 79.9. The van der Waals surface area contributed by atoms with Gasteiger partial charge in [-0.2, -0.15) is 0 Å². The summed E-state index contributed by atoms with van der Waals surface area (Å²) in [6.45, 7) is 0.479. The van der Waals surface area contributed by atoms with Crippen molar-refractivity contribution in [1.82, 2.24) is 15.3 Å². The monoisotopic (exact) mass is 410 g/mol. The SMILES string of the molecule is NC(=O)C(Cc1cccnc1)(NCc1ccncc1)c1ccccc1Br. The maximum Gasteiger partial charge on any atom is 0.242 e. The minimum absolute atomic E-state index is 0.393. The van der Waals surface area contributed by atoms with E-state index in [-0.39, 0.29) is 0 Å². The van der Waals surface area contributed by atoms with E-state index in [2.05, 4.69) is 31.2 Å². The van der Waals surface area contributed by atoms with Crippen LogP contribution in [-0.2, 0) is 23.3 Å². The molecule has 26 heavy (non-hydrogen) atoms. The third kappa shape index (κ3) is 3.98. The third-order valence-electron chi connectivity index (χ3n) is 4.29. The Hall–Kier alpha value is -2.57. The van der Waals surface area contributed by atoms with Crippen molar-refractivity contribution < 1.29 is 4.79 Å². The van der Waals surface area contributed by atoms with Crippen LogP contribution in [0.2, 0.25) is 0 Å². The summed E-state index contributed by atoms with van der Waals surface area (Å²) in [6.07, 6.45) is 7.30. The minimum Gasteiger partial charge on any atom is -0.368 e. The minimum atomic E-state index is -1.08. The van der Waals surface area contributed by atoms with Crippen molar-refractivity contribution in [3.8, 4) is 0 Å². The van der Waals surface area contributed by atoms with Crippen LogP contribution < -0.4 is 11.1 Å². The molecule has 6 heteroatoms. The van der Waals surface area contributed by atoms with Crippen LogP contribution in [0.5, 0.6) is 0 Å². The number of primary amides is 1. The summed E-state index contributed by atoms with van der Waals surface area (Å²) >= 11 is 3.57. The number of nitrogens with one attached hydrogen (secondary N) is 1. The maximum absolute atomic E-state index is 12.7. The van der Waals surface area contributed by atoms with Gasteiger partial charge in [0.1, 0.15) is 5.54 Å². The van der Waals surface area contributed by atoms with Crippen molar-refractivity contribution in [2.75, 3.05) is 0 Å². The van der Waals surface area contributed by atoms with Gasteiger partial charge in [0.25, 0.3) is 0 Å². The van der Waals surface area contributed by atoms with Crippen molar-refractivity contribution in [2.45, 2.75) is 18.5 Å². The highest BCUT2D eigenvalue weighted by Crippen LogP contribution is 2.32. The average molecular weight is 411 g/mol. The smallest absolute Gasteiger partial charge is 0.242 e. The van der Waals surface area contributed by atoms with Gasteiger partial charge in [-0.15, -0.1) is 0 Å². The molecular formula is C20H19BrN4O. The van der Waals surface area contributed by atoms with E-state index >= 15 is 0 Å². The van der Waals surface area contributed by atoms with E-state index in [1.54, 1.807) is 24.8 Å². The molecule has 0 saturated carbocycles. The predicted molar refractivity (Wildman–Crippen MR) is 104 cm³/mol. The predicted octanol–water partition coefficient (Wildman–Crippen LogP) is 2.95. The number of rotatable bonds is 7. The second kappa shape index (κ2) is 8.21. The highest BCUT2D eigenvalue weighted by molar-refractivity contribution is 9.10. The fourth-order valence-corrected chi connectivity index (χ4v) is 3.55. The molecule has 5 nitrogen and oxygen atoms in total. The molecule has 0 bridgehead atoms. The fraction of sp³-hybridized carbons (Fsp3) is 0.150. The lowest BCUT2D eigenvalue weighted by Gasteiger charge is -2.33. The Kier molecular flexibility index (Phi) is 5.75. The molecule has 2 aromatic heterocycles. The molecule has 0 aliphatic carbocycles. The molecule has 132 valence electrons. The summed E-state index contributed by atoms with van der Waals surface area (Å²) < 4.78 is 0.824.